The molecule has 14 heavy (non-hydrogen) atoms. The van der Waals surface area contributed by atoms with Gasteiger partial charge < -0.3 is 5.11 Å². The number of nitrogens with one attached hydrogen (secondary N) is 1. The van der Waals surface area contributed by atoms with E-state index in [2.05, 4.69) is 11.6 Å². The van der Waals surface area contributed by atoms with E-state index in [-0.39, 0.29) is 11.4 Å². The lowest BCUT2D eigenvalue weighted by atomic mass is 10.0. The van der Waals surface area contributed by atoms with Crippen molar-refractivity contribution in [1.29, 1.82) is 5.26 Å². The van der Waals surface area contributed by atoms with Gasteiger partial charge in [0.15, 0.2) is 5.88 Å². The van der Waals surface area contributed by atoms with Crippen LogP contribution in [0.3, 0.4) is 0 Å². The second-order valence-corrected chi connectivity index (χ2v) is 2.89. The summed E-state index contributed by atoms with van der Waals surface area (Å²) >= 11 is 0. The Kier molecular flexibility index (Phi) is 2.73. The van der Waals surface area contributed by atoms with Crippen LogP contribution in [0.15, 0.2) is 17.4 Å². The van der Waals surface area contributed by atoms with Crippen LogP contribution in [-0.4, -0.2) is 10.1 Å². The molecule has 0 radical (unpaired) electrons. The van der Waals surface area contributed by atoms with Gasteiger partial charge in [0.2, 0.25) is 0 Å². The number of aromatic amines is 1. The van der Waals surface area contributed by atoms with Crippen molar-refractivity contribution in [2.24, 2.45) is 0 Å². The Labute approximate surface area is 81.1 Å². The molecule has 0 unspecified atom stereocenters. The second kappa shape index (κ2) is 3.79. The minimum atomic E-state index is -0.560. The van der Waals surface area contributed by atoms with Crippen molar-refractivity contribution in [3.05, 3.63) is 39.7 Å². The third-order valence-electron chi connectivity index (χ3n) is 2.03. The number of hydrogen-bond acceptors (Lipinski definition) is 3. The number of nitrogens with zero attached hydrogens (tertiary/aromatic N) is 1. The number of aromatic nitrogens is 1. The van der Waals surface area contributed by atoms with Crippen LogP contribution in [0.4, 0.5) is 0 Å². The van der Waals surface area contributed by atoms with Crippen LogP contribution >= 0.6 is 0 Å². The molecule has 0 spiro atoms. The minimum absolute atomic E-state index is 0.0413. The van der Waals surface area contributed by atoms with Crippen molar-refractivity contribution in [2.75, 3.05) is 0 Å². The highest BCUT2D eigenvalue weighted by atomic mass is 16.3. The molecule has 2 N–H and O–H groups in total. The zero-order valence-electron chi connectivity index (χ0n) is 7.79. The summed E-state index contributed by atoms with van der Waals surface area (Å²) < 4.78 is 0. The Balaban J connectivity index is 3.53. The molecule has 0 saturated carbocycles. The Hall–Kier alpha value is -2.02. The summed E-state index contributed by atoms with van der Waals surface area (Å²) in [5.41, 5.74) is 0.528. The van der Waals surface area contributed by atoms with Gasteiger partial charge in [-0.25, -0.2) is 0 Å². The molecule has 0 fully saturated rings. The average Bonchev–Trinajstić information content (AvgIpc) is 2.12. The fourth-order valence-corrected chi connectivity index (χ4v) is 1.27. The van der Waals surface area contributed by atoms with E-state index in [4.69, 9.17) is 5.26 Å². The Morgan fingerprint density at radius 3 is 2.86 bits per heavy atom. The quantitative estimate of drug-likeness (QED) is 0.682. The number of nitriles is 1. The molecule has 0 amide bonds. The molecule has 1 aromatic heterocycles. The molecular weight excluding hydrogens is 180 g/mol. The van der Waals surface area contributed by atoms with E-state index in [0.717, 1.165) is 0 Å². The Morgan fingerprint density at radius 2 is 2.36 bits per heavy atom. The number of rotatable bonds is 2. The average molecular weight is 190 g/mol. The lowest BCUT2D eigenvalue weighted by molar-refractivity contribution is 0.445. The first-order valence-electron chi connectivity index (χ1n) is 4.07. The predicted octanol–water partition coefficient (Wildman–Crippen LogP) is 0.989. The highest BCUT2D eigenvalue weighted by molar-refractivity contribution is 5.44. The Morgan fingerprint density at radius 1 is 1.71 bits per heavy atom. The zero-order chi connectivity index (χ0) is 10.7. The molecule has 0 bridgehead atoms. The topological polar surface area (TPSA) is 76.9 Å². The second-order valence-electron chi connectivity index (χ2n) is 2.89. The van der Waals surface area contributed by atoms with Gasteiger partial charge in [0, 0.05) is 5.56 Å². The zero-order valence-corrected chi connectivity index (χ0v) is 7.79. The van der Waals surface area contributed by atoms with E-state index in [1.165, 1.54) is 0 Å². The highest BCUT2D eigenvalue weighted by Gasteiger charge is 2.11. The molecule has 0 aliphatic rings. The summed E-state index contributed by atoms with van der Waals surface area (Å²) in [5, 5.41) is 18.1. The van der Waals surface area contributed by atoms with E-state index < -0.39 is 5.56 Å². The van der Waals surface area contributed by atoms with Gasteiger partial charge in [-0.3, -0.25) is 9.78 Å². The van der Waals surface area contributed by atoms with Crippen LogP contribution in [0.25, 0.3) is 0 Å². The van der Waals surface area contributed by atoms with Crippen LogP contribution < -0.4 is 5.56 Å². The number of aromatic hydroxyl groups is 1. The van der Waals surface area contributed by atoms with Gasteiger partial charge in [0.25, 0.3) is 5.56 Å². The molecule has 72 valence electrons. The molecule has 1 aromatic rings. The van der Waals surface area contributed by atoms with E-state index in [0.29, 0.717) is 17.5 Å². The molecule has 1 rings (SSSR count). The summed E-state index contributed by atoms with van der Waals surface area (Å²) in [4.78, 5) is 13.4. The molecule has 0 aromatic carbocycles. The molecule has 0 atom stereocenters. The summed E-state index contributed by atoms with van der Waals surface area (Å²) in [7, 11) is 0. The van der Waals surface area contributed by atoms with Crippen molar-refractivity contribution in [2.45, 2.75) is 13.3 Å². The molecule has 1 heterocycles. The maximum atomic E-state index is 11.2. The van der Waals surface area contributed by atoms with Crippen LogP contribution in [0, 0.1) is 18.3 Å². The maximum absolute atomic E-state index is 11.2. The number of hydrogen-bond donors (Lipinski definition) is 2. The molecule has 4 heteroatoms. The van der Waals surface area contributed by atoms with Crippen molar-refractivity contribution in [3.8, 4) is 11.9 Å². The van der Waals surface area contributed by atoms with Gasteiger partial charge in [-0.05, 0) is 18.9 Å². The van der Waals surface area contributed by atoms with Gasteiger partial charge in [0.1, 0.15) is 11.6 Å². The third-order valence-corrected chi connectivity index (χ3v) is 2.03. The summed E-state index contributed by atoms with van der Waals surface area (Å²) in [5.74, 6) is -0.189. The van der Waals surface area contributed by atoms with Gasteiger partial charge in [-0.15, -0.1) is 6.58 Å². The van der Waals surface area contributed by atoms with Crippen molar-refractivity contribution < 1.29 is 5.11 Å². The van der Waals surface area contributed by atoms with Crippen molar-refractivity contribution in [1.82, 2.24) is 4.98 Å². The molecule has 0 saturated heterocycles. The van der Waals surface area contributed by atoms with Crippen LogP contribution in [0.5, 0.6) is 5.88 Å². The fourth-order valence-electron chi connectivity index (χ4n) is 1.27. The van der Waals surface area contributed by atoms with E-state index in [1.54, 1.807) is 19.1 Å². The molecule has 0 aliphatic carbocycles. The van der Waals surface area contributed by atoms with Gasteiger partial charge >= 0.3 is 0 Å². The van der Waals surface area contributed by atoms with Gasteiger partial charge in [0.05, 0.1) is 0 Å². The molecule has 4 nitrogen and oxygen atoms in total. The van der Waals surface area contributed by atoms with Crippen LogP contribution in [0.1, 0.15) is 16.7 Å². The SMILES string of the molecule is C=CCc1c(O)[nH]c(=O)c(C#N)c1C. The number of allylic oxidation sites excluding steroid dienone is 1. The van der Waals surface area contributed by atoms with Gasteiger partial charge in [-0.2, -0.15) is 5.26 Å². The van der Waals surface area contributed by atoms with E-state index >= 15 is 0 Å². The first kappa shape index (κ1) is 10.1. The summed E-state index contributed by atoms with van der Waals surface area (Å²) in [6.07, 6.45) is 2.02. The smallest absolute Gasteiger partial charge is 0.268 e. The largest absolute Gasteiger partial charge is 0.494 e. The van der Waals surface area contributed by atoms with Crippen LogP contribution in [-0.2, 0) is 6.42 Å². The third kappa shape index (κ3) is 1.52. The highest BCUT2D eigenvalue weighted by Crippen LogP contribution is 2.18. The lowest BCUT2D eigenvalue weighted by Crippen LogP contribution is -2.13. The Bertz CT molecular complexity index is 466. The normalized spacial score (nSPS) is 9.43. The molecular formula is C10H10N2O2. The minimum Gasteiger partial charge on any atom is -0.494 e. The van der Waals surface area contributed by atoms with Crippen molar-refractivity contribution >= 4 is 0 Å². The summed E-state index contributed by atoms with van der Waals surface area (Å²) in [6.45, 7) is 5.16. The van der Waals surface area contributed by atoms with Crippen LogP contribution in [0.2, 0.25) is 0 Å². The number of pyridine rings is 1. The maximum Gasteiger partial charge on any atom is 0.268 e. The first-order valence-corrected chi connectivity index (χ1v) is 4.07. The van der Waals surface area contributed by atoms with E-state index in [1.807, 2.05) is 0 Å². The molecule has 0 aliphatic heterocycles. The van der Waals surface area contributed by atoms with E-state index in [9.17, 15) is 9.90 Å². The number of H-pyrrole nitrogens is 1. The van der Waals surface area contributed by atoms with Gasteiger partial charge in [-0.1, -0.05) is 6.08 Å². The summed E-state index contributed by atoms with van der Waals surface area (Å²) in [6, 6.07) is 1.80. The standard InChI is InChI=1S/C10H10N2O2/c1-3-4-7-6(2)8(5-11)10(14)12-9(7)13/h3H,1,4H2,2H3,(H2,12,13,14). The predicted molar refractivity (Wildman–Crippen MR) is 52.1 cm³/mol. The van der Waals surface area contributed by atoms with Crippen molar-refractivity contribution in [3.63, 3.8) is 0 Å². The fraction of sp³-hybridized carbons (Fsp3) is 0.200. The first-order chi connectivity index (χ1) is 6.61. The monoisotopic (exact) mass is 190 g/mol. The lowest BCUT2D eigenvalue weighted by Gasteiger charge is -2.06.